The minimum Gasteiger partial charge on any atom is -0.507 e. The summed E-state index contributed by atoms with van der Waals surface area (Å²) in [7, 11) is 1.54. The lowest BCUT2D eigenvalue weighted by Crippen LogP contribution is -2.42. The first kappa shape index (κ1) is 20.5. The molecule has 1 aliphatic heterocycles. The summed E-state index contributed by atoms with van der Waals surface area (Å²) in [4.78, 5) is 55.2. The fraction of sp³-hybridized carbons (Fsp3) is 0.167. The number of ether oxygens (including phenoxy) is 1. The molecule has 0 radical (unpaired) electrons. The van der Waals surface area contributed by atoms with Gasteiger partial charge < -0.3 is 15.2 Å². The Morgan fingerprint density at radius 3 is 2.30 bits per heavy atom. The van der Waals surface area contributed by atoms with Gasteiger partial charge in [-0.05, 0) is 24.1 Å². The van der Waals surface area contributed by atoms with Crippen molar-refractivity contribution in [1.82, 2.24) is 9.97 Å². The molecule has 9 heteroatoms. The van der Waals surface area contributed by atoms with E-state index in [4.69, 9.17) is 4.74 Å². The first-order chi connectivity index (χ1) is 15.9. The van der Waals surface area contributed by atoms with Crippen LogP contribution in [0.5, 0.6) is 5.75 Å². The zero-order valence-corrected chi connectivity index (χ0v) is 17.5. The predicted octanol–water partition coefficient (Wildman–Crippen LogP) is 2.12. The molecule has 2 heterocycles. The number of rotatable bonds is 3. The molecule has 2 unspecified atom stereocenters. The normalized spacial score (nSPS) is 19.5. The van der Waals surface area contributed by atoms with Gasteiger partial charge in [0.25, 0.3) is 5.56 Å². The fourth-order valence-electron chi connectivity index (χ4n) is 4.57. The molecule has 0 amide bonds. The Kier molecular flexibility index (Phi) is 4.74. The van der Waals surface area contributed by atoms with Gasteiger partial charge in [-0.15, -0.1) is 0 Å². The van der Waals surface area contributed by atoms with E-state index >= 15 is 0 Å². The lowest BCUT2D eigenvalue weighted by Gasteiger charge is -2.34. The topological polar surface area (TPSA) is 141 Å². The maximum absolute atomic E-state index is 13.0. The van der Waals surface area contributed by atoms with Gasteiger partial charge in [0.2, 0.25) is 11.6 Å². The Bertz CT molecular complexity index is 1450. The minimum atomic E-state index is -0.827. The highest BCUT2D eigenvalue weighted by molar-refractivity contribution is 6.52. The molecular formula is C24H19N3O6. The van der Waals surface area contributed by atoms with E-state index in [9.17, 15) is 24.3 Å². The summed E-state index contributed by atoms with van der Waals surface area (Å²) in [5.41, 5.74) is 0.0814. The van der Waals surface area contributed by atoms with E-state index in [-0.39, 0.29) is 34.7 Å². The monoisotopic (exact) mass is 445 g/mol. The smallest absolute Gasteiger partial charge is 0.327 e. The summed E-state index contributed by atoms with van der Waals surface area (Å²) in [5.74, 6) is -1.60. The highest BCUT2D eigenvalue weighted by Crippen LogP contribution is 2.40. The van der Waals surface area contributed by atoms with Crippen LogP contribution in [0.4, 0.5) is 5.82 Å². The summed E-state index contributed by atoms with van der Waals surface area (Å²) >= 11 is 0. The van der Waals surface area contributed by atoms with Crippen LogP contribution in [-0.2, 0) is 4.79 Å². The lowest BCUT2D eigenvalue weighted by molar-refractivity contribution is -0.112. The van der Waals surface area contributed by atoms with Crippen molar-refractivity contribution < 1.29 is 19.4 Å². The summed E-state index contributed by atoms with van der Waals surface area (Å²) in [5, 5.41) is 13.9. The highest BCUT2D eigenvalue weighted by atomic mass is 16.5. The molecule has 3 aromatic rings. The molecule has 0 fully saturated rings. The van der Waals surface area contributed by atoms with E-state index in [1.54, 1.807) is 49.6 Å². The molecule has 33 heavy (non-hydrogen) atoms. The van der Waals surface area contributed by atoms with Gasteiger partial charge in [0, 0.05) is 17.0 Å². The van der Waals surface area contributed by atoms with Crippen LogP contribution in [0, 0.1) is 0 Å². The molecule has 5 rings (SSSR count). The average Bonchev–Trinajstić information content (AvgIpc) is 2.82. The maximum atomic E-state index is 13.0. The molecular weight excluding hydrogens is 426 g/mol. The van der Waals surface area contributed by atoms with Crippen LogP contribution in [0.2, 0.25) is 0 Å². The van der Waals surface area contributed by atoms with Gasteiger partial charge in [-0.2, -0.15) is 0 Å². The number of methoxy groups -OCH3 is 1. The molecule has 1 aliphatic carbocycles. The SMILES string of the molecule is COc1ccc(C2CC(C3=C(O)c4ccccc4C(=O)C3=O)Nc3[nH]c(=O)[nH]c(=O)c32)cc1. The van der Waals surface area contributed by atoms with Crippen molar-refractivity contribution in [1.29, 1.82) is 0 Å². The number of nitrogens with one attached hydrogen (secondary N) is 3. The molecule has 0 spiro atoms. The predicted molar refractivity (Wildman–Crippen MR) is 120 cm³/mol. The molecule has 2 aliphatic rings. The minimum absolute atomic E-state index is 0.0935. The van der Waals surface area contributed by atoms with Crippen LogP contribution >= 0.6 is 0 Å². The molecule has 0 saturated carbocycles. The Morgan fingerprint density at radius 2 is 1.61 bits per heavy atom. The Labute approximate surface area is 186 Å². The number of carbonyl (C=O) groups excluding carboxylic acids is 2. The summed E-state index contributed by atoms with van der Waals surface area (Å²) < 4.78 is 5.20. The largest absolute Gasteiger partial charge is 0.507 e. The number of benzene rings is 2. The number of carbonyl (C=O) groups is 2. The molecule has 9 nitrogen and oxygen atoms in total. The van der Waals surface area contributed by atoms with Crippen molar-refractivity contribution in [2.75, 3.05) is 12.4 Å². The van der Waals surface area contributed by atoms with Gasteiger partial charge in [0.15, 0.2) is 0 Å². The van der Waals surface area contributed by atoms with Crippen LogP contribution < -0.4 is 21.3 Å². The Balaban J connectivity index is 1.67. The van der Waals surface area contributed by atoms with Crippen LogP contribution in [0.25, 0.3) is 5.76 Å². The number of aliphatic hydroxyl groups is 1. The second-order valence-electron chi connectivity index (χ2n) is 7.92. The number of fused-ring (bicyclic) bond motifs is 2. The summed E-state index contributed by atoms with van der Waals surface area (Å²) in [6, 6.07) is 12.6. The van der Waals surface area contributed by atoms with Crippen molar-refractivity contribution >= 4 is 23.1 Å². The van der Waals surface area contributed by atoms with E-state index in [1.165, 1.54) is 6.07 Å². The van der Waals surface area contributed by atoms with E-state index in [0.717, 1.165) is 5.56 Å². The zero-order valence-electron chi connectivity index (χ0n) is 17.5. The van der Waals surface area contributed by atoms with Gasteiger partial charge in [0.1, 0.15) is 17.3 Å². The quantitative estimate of drug-likeness (QED) is 0.453. The highest BCUT2D eigenvalue weighted by Gasteiger charge is 2.41. The molecule has 1 aromatic heterocycles. The number of H-pyrrole nitrogens is 2. The van der Waals surface area contributed by atoms with Gasteiger partial charge >= 0.3 is 5.69 Å². The molecule has 2 atom stereocenters. The second kappa shape index (κ2) is 7.63. The standard InChI is InChI=1S/C24H19N3O6/c1-33-12-8-6-11(7-9-12)15-10-16(25-22-17(15)23(31)27-24(32)26-22)18-19(28)13-4-2-3-5-14(13)20(29)21(18)30/h2-9,15-16,28H,10H2,1H3,(H3,25,26,27,31,32). The molecule has 166 valence electrons. The van der Waals surface area contributed by atoms with Crippen molar-refractivity contribution in [3.63, 3.8) is 0 Å². The zero-order chi connectivity index (χ0) is 23.3. The third kappa shape index (κ3) is 3.25. The van der Waals surface area contributed by atoms with Crippen molar-refractivity contribution in [2.24, 2.45) is 0 Å². The van der Waals surface area contributed by atoms with E-state index in [0.29, 0.717) is 11.3 Å². The second-order valence-corrected chi connectivity index (χ2v) is 7.92. The van der Waals surface area contributed by atoms with E-state index < -0.39 is 34.8 Å². The molecule has 0 bridgehead atoms. The Hall–Kier alpha value is -4.40. The first-order valence-electron chi connectivity index (χ1n) is 10.3. The summed E-state index contributed by atoms with van der Waals surface area (Å²) in [6.07, 6.45) is 0.190. The molecule has 2 aromatic carbocycles. The van der Waals surface area contributed by atoms with Crippen molar-refractivity contribution in [2.45, 2.75) is 18.4 Å². The third-order valence-corrected chi connectivity index (χ3v) is 6.12. The number of hydrogen-bond donors (Lipinski definition) is 4. The number of aliphatic hydroxyl groups excluding tert-OH is 1. The number of Topliss-reactive ketones (excluding diaryl/α,β-unsaturated/α-hetero) is 2. The van der Waals surface area contributed by atoms with E-state index in [2.05, 4.69) is 15.3 Å². The lowest BCUT2D eigenvalue weighted by atomic mass is 9.77. The van der Waals surface area contributed by atoms with Crippen LogP contribution in [0.15, 0.2) is 63.7 Å². The third-order valence-electron chi connectivity index (χ3n) is 6.12. The Morgan fingerprint density at radius 1 is 0.909 bits per heavy atom. The van der Waals surface area contributed by atoms with Crippen LogP contribution in [-0.4, -0.2) is 39.8 Å². The maximum Gasteiger partial charge on any atom is 0.327 e. The number of aromatic nitrogens is 2. The summed E-state index contributed by atoms with van der Waals surface area (Å²) in [6.45, 7) is 0. The first-order valence-corrected chi connectivity index (χ1v) is 10.3. The number of ketones is 2. The van der Waals surface area contributed by atoms with Crippen molar-refractivity contribution in [3.8, 4) is 5.75 Å². The number of hydrogen-bond acceptors (Lipinski definition) is 7. The van der Waals surface area contributed by atoms with Gasteiger partial charge in [-0.3, -0.25) is 24.4 Å². The van der Waals surface area contributed by atoms with Gasteiger partial charge in [0.05, 0.1) is 24.3 Å². The average molecular weight is 445 g/mol. The number of aromatic amines is 2. The van der Waals surface area contributed by atoms with Crippen molar-refractivity contribution in [3.05, 3.63) is 97.2 Å². The fourth-order valence-corrected chi connectivity index (χ4v) is 4.57. The number of anilines is 1. The molecule has 0 saturated heterocycles. The molecule has 4 N–H and O–H groups in total. The van der Waals surface area contributed by atoms with E-state index in [1.807, 2.05) is 0 Å². The van der Waals surface area contributed by atoms with Gasteiger partial charge in [-0.1, -0.05) is 36.4 Å². The van der Waals surface area contributed by atoms with Crippen LogP contribution in [0.1, 0.15) is 39.4 Å². The van der Waals surface area contributed by atoms with Crippen LogP contribution in [0.3, 0.4) is 0 Å². The van der Waals surface area contributed by atoms with Gasteiger partial charge in [-0.25, -0.2) is 4.79 Å².